The van der Waals surface area contributed by atoms with E-state index in [2.05, 4.69) is 0 Å². The Hall–Kier alpha value is -0.360. The van der Waals surface area contributed by atoms with Crippen LogP contribution in [0.25, 0.3) is 0 Å². The summed E-state index contributed by atoms with van der Waals surface area (Å²) in [6, 6.07) is 0. The Kier molecular flexibility index (Phi) is 29.2. The van der Waals surface area contributed by atoms with Crippen molar-refractivity contribution in [2.75, 3.05) is 65.8 Å². The van der Waals surface area contributed by atoms with E-state index < -0.39 is 6.10 Å². The molecule has 9 nitrogen and oxygen atoms in total. The Morgan fingerprint density at radius 3 is 1.10 bits per heavy atom. The first-order valence-corrected chi connectivity index (χ1v) is 6.33. The van der Waals surface area contributed by atoms with Crippen LogP contribution >= 0.6 is 0 Å². The maximum Gasteiger partial charge on any atom is 0.100 e. The lowest BCUT2D eigenvalue weighted by Crippen LogP contribution is -2.32. The van der Waals surface area contributed by atoms with Crippen LogP contribution in [0.3, 0.4) is 0 Å². The quantitative estimate of drug-likeness (QED) is 0.209. The van der Waals surface area contributed by atoms with Gasteiger partial charge < -0.3 is 41.5 Å². The third-order valence-corrected chi connectivity index (χ3v) is 1.80. The molecule has 9 N–H and O–H groups in total. The summed E-state index contributed by atoms with van der Waals surface area (Å²) < 4.78 is 0. The minimum Gasteiger partial charge on any atom is -0.395 e. The molecule has 0 saturated carbocycles. The Morgan fingerprint density at radius 1 is 0.700 bits per heavy atom. The zero-order valence-electron chi connectivity index (χ0n) is 11.8. The maximum absolute atomic E-state index is 8.48. The second kappa shape index (κ2) is 23.7. The van der Waals surface area contributed by atoms with Crippen molar-refractivity contribution < 1.29 is 35.7 Å². The molecule has 0 aliphatic rings. The van der Waals surface area contributed by atoms with E-state index in [0.717, 1.165) is 0 Å². The number of aliphatic hydroxyl groups is 7. The fourth-order valence-corrected chi connectivity index (χ4v) is 0.817. The lowest BCUT2D eigenvalue weighted by molar-refractivity contribution is 0.0450. The van der Waals surface area contributed by atoms with E-state index in [1.54, 1.807) is 4.90 Å². The van der Waals surface area contributed by atoms with E-state index >= 15 is 0 Å². The van der Waals surface area contributed by atoms with Gasteiger partial charge in [0.05, 0.1) is 39.6 Å². The highest BCUT2D eigenvalue weighted by atomic mass is 16.3. The van der Waals surface area contributed by atoms with Gasteiger partial charge in [-0.3, -0.25) is 4.90 Å². The first-order chi connectivity index (χ1) is 9.57. The summed E-state index contributed by atoms with van der Waals surface area (Å²) in [7, 11) is 0. The predicted molar refractivity (Wildman–Crippen MR) is 74.0 cm³/mol. The van der Waals surface area contributed by atoms with Crippen LogP contribution in [0.4, 0.5) is 0 Å². The van der Waals surface area contributed by atoms with Crippen LogP contribution in [-0.2, 0) is 0 Å². The number of rotatable bonds is 9. The highest BCUT2D eigenvalue weighted by molar-refractivity contribution is 4.54. The van der Waals surface area contributed by atoms with Crippen molar-refractivity contribution in [1.82, 2.24) is 4.90 Å². The van der Waals surface area contributed by atoms with Crippen molar-refractivity contribution in [3.05, 3.63) is 0 Å². The van der Waals surface area contributed by atoms with Gasteiger partial charge in [-0.1, -0.05) is 0 Å². The van der Waals surface area contributed by atoms with E-state index in [4.69, 9.17) is 41.5 Å². The minimum absolute atomic E-state index is 0.0694. The van der Waals surface area contributed by atoms with E-state index in [9.17, 15) is 0 Å². The SMILES string of the molecule is NCCO.OCC(O)CO.OCCN(CCO)CCO. The van der Waals surface area contributed by atoms with Crippen molar-refractivity contribution >= 4 is 0 Å². The van der Waals surface area contributed by atoms with Gasteiger partial charge in [-0.05, 0) is 0 Å². The third-order valence-electron chi connectivity index (χ3n) is 1.80. The molecular formula is C11H30N2O7. The topological polar surface area (TPSA) is 171 Å². The molecule has 0 unspecified atom stereocenters. The minimum atomic E-state index is -0.954. The average molecular weight is 302 g/mol. The average Bonchev–Trinajstić information content (AvgIpc) is 2.48. The monoisotopic (exact) mass is 302 g/mol. The molecule has 0 heterocycles. The van der Waals surface area contributed by atoms with Crippen LogP contribution in [-0.4, -0.2) is 113 Å². The summed E-state index contributed by atoms with van der Waals surface area (Å²) in [6.45, 7) is 1.50. The maximum atomic E-state index is 8.48. The van der Waals surface area contributed by atoms with Crippen molar-refractivity contribution in [2.45, 2.75) is 6.10 Å². The number of hydrogen-bond acceptors (Lipinski definition) is 9. The van der Waals surface area contributed by atoms with Gasteiger partial charge in [0.25, 0.3) is 0 Å². The zero-order valence-corrected chi connectivity index (χ0v) is 11.8. The molecule has 0 fully saturated rings. The Bertz CT molecular complexity index is 134. The predicted octanol–water partition coefficient (Wildman–Crippen LogP) is -4.47. The second-order valence-corrected chi connectivity index (χ2v) is 3.54. The number of aliphatic hydroxyl groups excluding tert-OH is 7. The van der Waals surface area contributed by atoms with Crippen LogP contribution in [0, 0.1) is 0 Å². The Labute approximate surface area is 119 Å². The second-order valence-electron chi connectivity index (χ2n) is 3.54. The van der Waals surface area contributed by atoms with Gasteiger partial charge in [0.1, 0.15) is 6.10 Å². The van der Waals surface area contributed by atoms with E-state index in [1.807, 2.05) is 0 Å². The van der Waals surface area contributed by atoms with Crippen molar-refractivity contribution in [3.63, 3.8) is 0 Å². The van der Waals surface area contributed by atoms with Crippen LogP contribution in [0.15, 0.2) is 0 Å². The van der Waals surface area contributed by atoms with E-state index in [-0.39, 0.29) is 39.6 Å². The molecule has 0 aromatic carbocycles. The van der Waals surface area contributed by atoms with Gasteiger partial charge in [-0.25, -0.2) is 0 Å². The fourth-order valence-electron chi connectivity index (χ4n) is 0.817. The molecule has 0 aromatic heterocycles. The molecule has 0 aliphatic carbocycles. The van der Waals surface area contributed by atoms with Crippen molar-refractivity contribution in [3.8, 4) is 0 Å². The molecule has 0 radical (unpaired) electrons. The third kappa shape index (κ3) is 26.3. The fraction of sp³-hybridized carbons (Fsp3) is 1.00. The number of nitrogens with zero attached hydrogens (tertiary/aromatic N) is 1. The van der Waals surface area contributed by atoms with Gasteiger partial charge in [0, 0.05) is 26.2 Å². The van der Waals surface area contributed by atoms with Gasteiger partial charge >= 0.3 is 0 Å². The molecule has 0 aromatic rings. The standard InChI is InChI=1S/C6H15NO3.C3H8O3.C2H7NO/c8-4-1-7(2-5-9)3-6-10;4-1-3(6)2-5;3-1-2-4/h8-10H,1-6H2;3-6H,1-2H2;4H,1-3H2. The first-order valence-electron chi connectivity index (χ1n) is 6.33. The van der Waals surface area contributed by atoms with Gasteiger partial charge in [0.15, 0.2) is 0 Å². The largest absolute Gasteiger partial charge is 0.395 e. The number of nitrogens with two attached hydrogens (primary N) is 1. The molecular weight excluding hydrogens is 272 g/mol. The van der Waals surface area contributed by atoms with Gasteiger partial charge in [-0.15, -0.1) is 0 Å². The molecule has 0 spiro atoms. The lowest BCUT2D eigenvalue weighted by atomic mass is 10.4. The molecule has 0 aliphatic heterocycles. The highest BCUT2D eigenvalue weighted by Crippen LogP contribution is 1.84. The molecule has 126 valence electrons. The molecule has 0 saturated heterocycles. The Morgan fingerprint density at radius 2 is 1.00 bits per heavy atom. The van der Waals surface area contributed by atoms with Crippen molar-refractivity contribution in [1.29, 1.82) is 0 Å². The summed E-state index contributed by atoms with van der Waals surface area (Å²) in [6.07, 6.45) is -0.954. The molecule has 0 rings (SSSR count). The zero-order chi connectivity index (χ0) is 16.2. The van der Waals surface area contributed by atoms with Crippen LogP contribution in [0.2, 0.25) is 0 Å². The molecule has 0 atom stereocenters. The molecule has 0 amide bonds. The van der Waals surface area contributed by atoms with Crippen LogP contribution in [0.1, 0.15) is 0 Å². The van der Waals surface area contributed by atoms with E-state index in [1.165, 1.54) is 0 Å². The Balaban J connectivity index is -0.000000246. The first kappa shape index (κ1) is 24.6. The molecule has 0 bridgehead atoms. The summed E-state index contributed by atoms with van der Waals surface area (Å²) in [4.78, 5) is 1.79. The van der Waals surface area contributed by atoms with Gasteiger partial charge in [-0.2, -0.15) is 0 Å². The summed E-state index contributed by atoms with van der Waals surface area (Å²) in [5.74, 6) is 0. The van der Waals surface area contributed by atoms with Crippen LogP contribution in [0.5, 0.6) is 0 Å². The van der Waals surface area contributed by atoms with Crippen molar-refractivity contribution in [2.24, 2.45) is 5.73 Å². The normalized spacial score (nSPS) is 9.90. The van der Waals surface area contributed by atoms with Crippen LogP contribution < -0.4 is 5.73 Å². The smallest absolute Gasteiger partial charge is 0.100 e. The number of hydrogen-bond donors (Lipinski definition) is 8. The summed E-state index contributed by atoms with van der Waals surface area (Å²) in [5.41, 5.74) is 4.78. The summed E-state index contributed by atoms with van der Waals surface area (Å²) in [5, 5.41) is 57.2. The van der Waals surface area contributed by atoms with E-state index in [0.29, 0.717) is 26.2 Å². The summed E-state index contributed by atoms with van der Waals surface area (Å²) >= 11 is 0. The van der Waals surface area contributed by atoms with Gasteiger partial charge in [0.2, 0.25) is 0 Å². The molecule has 20 heavy (non-hydrogen) atoms. The highest BCUT2D eigenvalue weighted by Gasteiger charge is 2.00. The molecule has 9 heteroatoms. The lowest BCUT2D eigenvalue weighted by Gasteiger charge is -2.17.